The predicted octanol–water partition coefficient (Wildman–Crippen LogP) is 1.90. The maximum atomic E-state index is 14.1. The maximum absolute atomic E-state index is 14.1. The smallest absolute Gasteiger partial charge is 0.336 e. The number of amides is 1. The van der Waals surface area contributed by atoms with Crippen LogP contribution in [0.1, 0.15) is 25.3 Å². The van der Waals surface area contributed by atoms with Crippen molar-refractivity contribution in [1.82, 2.24) is 5.32 Å². The van der Waals surface area contributed by atoms with Gasteiger partial charge in [-0.05, 0) is 38.0 Å². The van der Waals surface area contributed by atoms with Crippen LogP contribution >= 0.6 is 0 Å². The Labute approximate surface area is 133 Å². The van der Waals surface area contributed by atoms with E-state index in [1.807, 2.05) is 0 Å². The van der Waals surface area contributed by atoms with E-state index in [4.69, 9.17) is 4.74 Å². The van der Waals surface area contributed by atoms with Gasteiger partial charge in [-0.2, -0.15) is 0 Å². The zero-order chi connectivity index (χ0) is 17.0. The van der Waals surface area contributed by atoms with E-state index >= 15 is 0 Å². The minimum Gasteiger partial charge on any atom is -0.467 e. The van der Waals surface area contributed by atoms with Crippen LogP contribution < -0.4 is 5.32 Å². The molecule has 23 heavy (non-hydrogen) atoms. The van der Waals surface area contributed by atoms with Crippen LogP contribution in [0.3, 0.4) is 0 Å². The van der Waals surface area contributed by atoms with Crippen molar-refractivity contribution in [2.75, 3.05) is 20.3 Å². The molecule has 1 aliphatic rings. The van der Waals surface area contributed by atoms with Crippen LogP contribution in [0.5, 0.6) is 0 Å². The normalized spacial score (nSPS) is 18.1. The molecular formula is C16H19F2NO4. The fourth-order valence-electron chi connectivity index (χ4n) is 2.62. The third kappa shape index (κ3) is 3.67. The Bertz CT molecular complexity index is 602. The van der Waals surface area contributed by atoms with Crippen molar-refractivity contribution < 1.29 is 27.8 Å². The molecule has 126 valence electrons. The minimum atomic E-state index is -1.81. The van der Waals surface area contributed by atoms with E-state index in [1.165, 1.54) is 6.92 Å². The highest BCUT2D eigenvalue weighted by molar-refractivity contribution is 5.89. The van der Waals surface area contributed by atoms with Gasteiger partial charge in [-0.25, -0.2) is 13.6 Å². The van der Waals surface area contributed by atoms with Gasteiger partial charge in [-0.15, -0.1) is 0 Å². The fraction of sp³-hybridized carbons (Fsp3) is 0.500. The standard InChI is InChI=1S/C16H19F2NO4/c1-16(15(21)22-2,12-9-11(17)3-4-13(12)18)19-14(20)10-5-7-23-8-6-10/h3-4,9-10H,5-8H2,1-2H3,(H,19,20)/t16-/m1/s1. The van der Waals surface area contributed by atoms with Crippen LogP contribution in [0, 0.1) is 17.6 Å². The summed E-state index contributed by atoms with van der Waals surface area (Å²) in [7, 11) is 1.12. The van der Waals surface area contributed by atoms with Gasteiger partial charge in [0.05, 0.1) is 7.11 Å². The SMILES string of the molecule is COC(=O)[C@](C)(NC(=O)C1CCOCC1)c1cc(F)ccc1F. The molecule has 0 bridgehead atoms. The number of benzene rings is 1. The van der Waals surface area contributed by atoms with Crippen molar-refractivity contribution in [3.05, 3.63) is 35.4 Å². The lowest BCUT2D eigenvalue weighted by Crippen LogP contribution is -2.53. The molecule has 0 radical (unpaired) electrons. The molecule has 1 atom stereocenters. The average molecular weight is 327 g/mol. The second-order valence-electron chi connectivity index (χ2n) is 5.62. The minimum absolute atomic E-state index is 0.273. The van der Waals surface area contributed by atoms with Gasteiger partial charge in [0.2, 0.25) is 5.91 Å². The summed E-state index contributed by atoms with van der Waals surface area (Å²) in [5, 5.41) is 2.52. The zero-order valence-electron chi connectivity index (χ0n) is 13.0. The van der Waals surface area contributed by atoms with Crippen LogP contribution in [-0.2, 0) is 24.6 Å². The second-order valence-corrected chi connectivity index (χ2v) is 5.62. The summed E-state index contributed by atoms with van der Waals surface area (Å²) >= 11 is 0. The molecule has 1 saturated heterocycles. The zero-order valence-corrected chi connectivity index (χ0v) is 13.0. The number of carbonyl (C=O) groups is 2. The van der Waals surface area contributed by atoms with E-state index in [2.05, 4.69) is 10.1 Å². The number of methoxy groups -OCH3 is 1. The van der Waals surface area contributed by atoms with E-state index in [0.717, 1.165) is 25.3 Å². The molecule has 1 amide bonds. The van der Waals surface area contributed by atoms with Gasteiger partial charge in [0.1, 0.15) is 11.6 Å². The van der Waals surface area contributed by atoms with E-state index in [9.17, 15) is 18.4 Å². The number of carbonyl (C=O) groups excluding carboxylic acids is 2. The topological polar surface area (TPSA) is 64.6 Å². The summed E-state index contributed by atoms with van der Waals surface area (Å²) in [6.45, 7) is 2.19. The Morgan fingerprint density at radius 1 is 1.30 bits per heavy atom. The summed E-state index contributed by atoms with van der Waals surface area (Å²) in [4.78, 5) is 24.6. The van der Waals surface area contributed by atoms with E-state index in [1.54, 1.807) is 0 Å². The van der Waals surface area contributed by atoms with Gasteiger partial charge in [0.15, 0.2) is 5.54 Å². The Morgan fingerprint density at radius 3 is 2.57 bits per heavy atom. The summed E-state index contributed by atoms with van der Waals surface area (Å²) < 4.78 is 37.5. The summed E-state index contributed by atoms with van der Waals surface area (Å²) in [5.74, 6) is -3.14. The predicted molar refractivity (Wildman–Crippen MR) is 77.4 cm³/mol. The highest BCUT2D eigenvalue weighted by atomic mass is 19.1. The molecule has 5 nitrogen and oxygen atoms in total. The Balaban J connectivity index is 2.33. The number of esters is 1. The lowest BCUT2D eigenvalue weighted by Gasteiger charge is -2.31. The van der Waals surface area contributed by atoms with Crippen molar-refractivity contribution in [3.63, 3.8) is 0 Å². The Kier molecular flexibility index (Phi) is 5.30. The molecule has 7 heteroatoms. The molecule has 1 fully saturated rings. The highest BCUT2D eigenvalue weighted by Crippen LogP contribution is 2.27. The van der Waals surface area contributed by atoms with E-state index < -0.39 is 29.0 Å². The van der Waals surface area contributed by atoms with Gasteiger partial charge in [0, 0.05) is 24.7 Å². The molecule has 1 aliphatic heterocycles. The van der Waals surface area contributed by atoms with Gasteiger partial charge in [0.25, 0.3) is 0 Å². The molecule has 0 saturated carbocycles. The second kappa shape index (κ2) is 7.04. The molecule has 0 unspecified atom stereocenters. The van der Waals surface area contributed by atoms with Gasteiger partial charge < -0.3 is 14.8 Å². The first-order valence-corrected chi connectivity index (χ1v) is 7.32. The number of hydrogen-bond donors (Lipinski definition) is 1. The van der Waals surface area contributed by atoms with Crippen LogP contribution in [0.4, 0.5) is 8.78 Å². The van der Waals surface area contributed by atoms with Crippen LogP contribution in [0.25, 0.3) is 0 Å². The highest BCUT2D eigenvalue weighted by Gasteiger charge is 2.42. The molecule has 2 rings (SSSR count). The van der Waals surface area contributed by atoms with E-state index in [-0.39, 0.29) is 11.5 Å². The van der Waals surface area contributed by atoms with Gasteiger partial charge in [-0.1, -0.05) is 0 Å². The molecule has 0 spiro atoms. The fourth-order valence-corrected chi connectivity index (χ4v) is 2.62. The van der Waals surface area contributed by atoms with Crippen molar-refractivity contribution in [2.24, 2.45) is 5.92 Å². The van der Waals surface area contributed by atoms with Crippen LogP contribution in [0.15, 0.2) is 18.2 Å². The summed E-state index contributed by atoms with van der Waals surface area (Å²) in [6, 6.07) is 2.74. The molecule has 1 aromatic rings. The molecule has 1 heterocycles. The first kappa shape index (κ1) is 17.3. The average Bonchev–Trinajstić information content (AvgIpc) is 2.56. The number of rotatable bonds is 4. The molecule has 0 aromatic heterocycles. The monoisotopic (exact) mass is 327 g/mol. The maximum Gasteiger partial charge on any atom is 0.336 e. The molecule has 0 aliphatic carbocycles. The number of hydrogen-bond acceptors (Lipinski definition) is 4. The van der Waals surface area contributed by atoms with Gasteiger partial charge in [-0.3, -0.25) is 4.79 Å². The van der Waals surface area contributed by atoms with Crippen molar-refractivity contribution in [2.45, 2.75) is 25.3 Å². The third-order valence-electron chi connectivity index (χ3n) is 4.03. The molecule has 1 N–H and O–H groups in total. The van der Waals surface area contributed by atoms with E-state index in [0.29, 0.717) is 26.1 Å². The number of nitrogens with one attached hydrogen (secondary N) is 1. The van der Waals surface area contributed by atoms with Crippen LogP contribution in [0.2, 0.25) is 0 Å². The Hall–Kier alpha value is -2.02. The summed E-state index contributed by atoms with van der Waals surface area (Å²) in [5.41, 5.74) is -2.08. The number of ether oxygens (including phenoxy) is 2. The summed E-state index contributed by atoms with van der Waals surface area (Å²) in [6.07, 6.45) is 1.02. The van der Waals surface area contributed by atoms with Crippen molar-refractivity contribution >= 4 is 11.9 Å². The quantitative estimate of drug-likeness (QED) is 0.858. The third-order valence-corrected chi connectivity index (χ3v) is 4.03. The van der Waals surface area contributed by atoms with Crippen molar-refractivity contribution in [3.8, 4) is 0 Å². The van der Waals surface area contributed by atoms with Gasteiger partial charge >= 0.3 is 5.97 Å². The number of halogens is 2. The molecular weight excluding hydrogens is 308 g/mol. The molecule has 1 aromatic carbocycles. The first-order valence-electron chi connectivity index (χ1n) is 7.32. The lowest BCUT2D eigenvalue weighted by atomic mass is 9.89. The largest absolute Gasteiger partial charge is 0.467 e. The first-order chi connectivity index (χ1) is 10.9. The Morgan fingerprint density at radius 2 is 1.96 bits per heavy atom. The lowest BCUT2D eigenvalue weighted by molar-refractivity contribution is -0.151. The van der Waals surface area contributed by atoms with Crippen molar-refractivity contribution in [1.29, 1.82) is 0 Å². The van der Waals surface area contributed by atoms with Crippen LogP contribution in [-0.4, -0.2) is 32.2 Å².